The van der Waals surface area contributed by atoms with E-state index in [1.54, 1.807) is 54.6 Å². The zero-order valence-electron chi connectivity index (χ0n) is 17.9. The third kappa shape index (κ3) is 5.70. The molecule has 3 aromatic carbocycles. The predicted molar refractivity (Wildman–Crippen MR) is 122 cm³/mol. The summed E-state index contributed by atoms with van der Waals surface area (Å²) < 4.78 is 43.5. The van der Waals surface area contributed by atoms with Crippen molar-refractivity contribution in [1.82, 2.24) is 0 Å². The predicted octanol–water partition coefficient (Wildman–Crippen LogP) is 3.69. The van der Waals surface area contributed by atoms with Gasteiger partial charge in [0.25, 0.3) is 10.0 Å². The molecule has 0 bridgehead atoms. The van der Waals surface area contributed by atoms with Crippen LogP contribution >= 0.6 is 0 Å². The summed E-state index contributed by atoms with van der Waals surface area (Å²) in [6.07, 6.45) is 0.0848. The van der Waals surface area contributed by atoms with Gasteiger partial charge in [-0.2, -0.15) is 0 Å². The van der Waals surface area contributed by atoms with Crippen LogP contribution in [0.4, 0.5) is 11.4 Å². The van der Waals surface area contributed by atoms with Gasteiger partial charge in [0.15, 0.2) is 11.5 Å². The van der Waals surface area contributed by atoms with E-state index in [2.05, 4.69) is 10.0 Å². The molecule has 8 nitrogen and oxygen atoms in total. The lowest BCUT2D eigenvalue weighted by molar-refractivity contribution is -0.115. The van der Waals surface area contributed by atoms with Crippen molar-refractivity contribution in [1.29, 1.82) is 0 Å². The monoisotopic (exact) mass is 456 g/mol. The summed E-state index contributed by atoms with van der Waals surface area (Å²) in [4.78, 5) is 12.5. The van der Waals surface area contributed by atoms with Gasteiger partial charge in [0, 0.05) is 11.4 Å². The number of benzene rings is 3. The van der Waals surface area contributed by atoms with Crippen LogP contribution < -0.4 is 24.2 Å². The topological polar surface area (TPSA) is 103 Å². The van der Waals surface area contributed by atoms with E-state index in [0.29, 0.717) is 28.6 Å². The van der Waals surface area contributed by atoms with E-state index in [9.17, 15) is 13.2 Å². The Morgan fingerprint density at radius 3 is 2.19 bits per heavy atom. The van der Waals surface area contributed by atoms with Crippen molar-refractivity contribution in [2.45, 2.75) is 11.3 Å². The van der Waals surface area contributed by atoms with Crippen LogP contribution in [0.25, 0.3) is 0 Å². The molecule has 0 heterocycles. The summed E-state index contributed by atoms with van der Waals surface area (Å²) in [7, 11) is 0.750. The second kappa shape index (κ2) is 10.1. The fourth-order valence-corrected chi connectivity index (χ4v) is 4.10. The molecule has 0 fully saturated rings. The quantitative estimate of drug-likeness (QED) is 0.509. The third-order valence-electron chi connectivity index (χ3n) is 4.58. The molecule has 9 heteroatoms. The van der Waals surface area contributed by atoms with E-state index in [-0.39, 0.29) is 17.2 Å². The molecule has 1 amide bonds. The number of carbonyl (C=O) groups is 1. The molecule has 0 aliphatic rings. The van der Waals surface area contributed by atoms with Crippen LogP contribution in [0.3, 0.4) is 0 Å². The van der Waals surface area contributed by atoms with E-state index in [1.165, 1.54) is 33.5 Å². The molecule has 0 aromatic heterocycles. The van der Waals surface area contributed by atoms with Crippen molar-refractivity contribution in [3.05, 3.63) is 72.3 Å². The molecule has 2 N–H and O–H groups in total. The highest BCUT2D eigenvalue weighted by atomic mass is 32.2. The van der Waals surface area contributed by atoms with E-state index in [1.807, 2.05) is 0 Å². The van der Waals surface area contributed by atoms with Gasteiger partial charge in [-0.25, -0.2) is 8.42 Å². The fraction of sp³-hybridized carbons (Fsp3) is 0.174. The Bertz CT molecular complexity index is 1190. The summed E-state index contributed by atoms with van der Waals surface area (Å²) in [6.45, 7) is 0. The first kappa shape index (κ1) is 23.0. The normalized spacial score (nSPS) is 10.8. The van der Waals surface area contributed by atoms with E-state index >= 15 is 0 Å². The zero-order valence-corrected chi connectivity index (χ0v) is 18.7. The lowest BCUT2D eigenvalue weighted by Gasteiger charge is -2.12. The van der Waals surface area contributed by atoms with Gasteiger partial charge in [-0.05, 0) is 60.2 Å². The van der Waals surface area contributed by atoms with Crippen LogP contribution in [0.2, 0.25) is 0 Å². The third-order valence-corrected chi connectivity index (χ3v) is 5.96. The average Bonchev–Trinajstić information content (AvgIpc) is 2.79. The average molecular weight is 457 g/mol. The largest absolute Gasteiger partial charge is 0.497 e. The maximum absolute atomic E-state index is 12.7. The lowest BCUT2D eigenvalue weighted by Crippen LogP contribution is -2.16. The molecule has 3 aromatic rings. The number of rotatable bonds is 9. The number of carbonyl (C=O) groups excluding carboxylic acids is 1. The molecule has 168 valence electrons. The number of anilines is 2. The Kier molecular flexibility index (Phi) is 7.21. The van der Waals surface area contributed by atoms with Crippen LogP contribution in [0.5, 0.6) is 17.2 Å². The van der Waals surface area contributed by atoms with Crippen molar-refractivity contribution in [3.63, 3.8) is 0 Å². The minimum Gasteiger partial charge on any atom is -0.497 e. The number of ether oxygens (including phenoxy) is 3. The number of sulfonamides is 1. The Morgan fingerprint density at radius 1 is 0.812 bits per heavy atom. The van der Waals surface area contributed by atoms with E-state index in [4.69, 9.17) is 14.2 Å². The lowest BCUT2D eigenvalue weighted by atomic mass is 10.1. The van der Waals surface area contributed by atoms with Crippen molar-refractivity contribution in [3.8, 4) is 17.2 Å². The Hall–Kier alpha value is -3.72. The van der Waals surface area contributed by atoms with Crippen LogP contribution in [-0.2, 0) is 21.2 Å². The van der Waals surface area contributed by atoms with Crippen LogP contribution in [-0.4, -0.2) is 35.7 Å². The fourth-order valence-electron chi connectivity index (χ4n) is 3.00. The van der Waals surface area contributed by atoms with Gasteiger partial charge >= 0.3 is 0 Å². The first-order valence-electron chi connectivity index (χ1n) is 9.62. The molecule has 3 rings (SSSR count). The van der Waals surface area contributed by atoms with E-state index in [0.717, 1.165) is 5.56 Å². The Balaban J connectivity index is 1.70. The first-order valence-corrected chi connectivity index (χ1v) is 11.1. The van der Waals surface area contributed by atoms with Crippen LogP contribution in [0.15, 0.2) is 71.6 Å². The second-order valence-electron chi connectivity index (χ2n) is 6.78. The molecule has 0 saturated carbocycles. The highest BCUT2D eigenvalue weighted by molar-refractivity contribution is 7.92. The molecule has 0 radical (unpaired) electrons. The molecule has 0 unspecified atom stereocenters. The minimum atomic E-state index is -3.84. The number of amides is 1. The zero-order chi connectivity index (χ0) is 23.1. The summed E-state index contributed by atoms with van der Waals surface area (Å²) in [6, 6.07) is 17.8. The standard InChI is InChI=1S/C23H24N2O6S/c1-29-19-10-8-17(9-11-19)25-32(27,28)20-6-4-5-18(15-20)24-23(26)14-16-7-12-21(30-2)22(13-16)31-3/h4-13,15,25H,14H2,1-3H3,(H,24,26). The number of nitrogens with one attached hydrogen (secondary N) is 2. The molecule has 0 atom stereocenters. The van der Waals surface area contributed by atoms with Gasteiger partial charge in [0.2, 0.25) is 5.91 Å². The molecule has 0 aliphatic carbocycles. The van der Waals surface area contributed by atoms with Gasteiger partial charge in [-0.3, -0.25) is 9.52 Å². The van der Waals surface area contributed by atoms with Gasteiger partial charge in [0.05, 0.1) is 32.6 Å². The van der Waals surface area contributed by atoms with Gasteiger partial charge in [-0.15, -0.1) is 0 Å². The van der Waals surface area contributed by atoms with Crippen LogP contribution in [0.1, 0.15) is 5.56 Å². The highest BCUT2D eigenvalue weighted by Gasteiger charge is 2.16. The molecular formula is C23H24N2O6S. The van der Waals surface area contributed by atoms with Crippen molar-refractivity contribution in [2.24, 2.45) is 0 Å². The molecular weight excluding hydrogens is 432 g/mol. The summed E-state index contributed by atoms with van der Waals surface area (Å²) in [5.41, 5.74) is 1.49. The Morgan fingerprint density at radius 2 is 1.53 bits per heavy atom. The Labute approximate surface area is 187 Å². The van der Waals surface area contributed by atoms with Crippen molar-refractivity contribution < 1.29 is 27.4 Å². The summed E-state index contributed by atoms with van der Waals surface area (Å²) in [5.74, 6) is 1.41. The molecule has 0 spiro atoms. The van der Waals surface area contributed by atoms with E-state index < -0.39 is 10.0 Å². The SMILES string of the molecule is COc1ccc(NS(=O)(=O)c2cccc(NC(=O)Cc3ccc(OC)c(OC)c3)c2)cc1. The van der Waals surface area contributed by atoms with Crippen molar-refractivity contribution >= 4 is 27.3 Å². The summed E-state index contributed by atoms with van der Waals surface area (Å²) >= 11 is 0. The number of methoxy groups -OCH3 is 3. The molecule has 32 heavy (non-hydrogen) atoms. The maximum atomic E-state index is 12.7. The van der Waals surface area contributed by atoms with Crippen LogP contribution in [0, 0.1) is 0 Å². The number of hydrogen-bond donors (Lipinski definition) is 2. The smallest absolute Gasteiger partial charge is 0.261 e. The van der Waals surface area contributed by atoms with Gasteiger partial charge in [-0.1, -0.05) is 12.1 Å². The van der Waals surface area contributed by atoms with Gasteiger partial charge < -0.3 is 19.5 Å². The van der Waals surface area contributed by atoms with Gasteiger partial charge in [0.1, 0.15) is 5.75 Å². The minimum absolute atomic E-state index is 0.0252. The molecule has 0 aliphatic heterocycles. The summed E-state index contributed by atoms with van der Waals surface area (Å²) in [5, 5.41) is 2.73. The number of hydrogen-bond acceptors (Lipinski definition) is 6. The maximum Gasteiger partial charge on any atom is 0.261 e. The molecule has 0 saturated heterocycles. The van der Waals surface area contributed by atoms with Crippen molar-refractivity contribution in [2.75, 3.05) is 31.4 Å². The highest BCUT2D eigenvalue weighted by Crippen LogP contribution is 2.28. The first-order chi connectivity index (χ1) is 15.3. The second-order valence-corrected chi connectivity index (χ2v) is 8.46.